The average molecular weight is 247 g/mol. The van der Waals surface area contributed by atoms with Gasteiger partial charge >= 0.3 is 0 Å². The maximum Gasteiger partial charge on any atom is 0.124 e. The van der Waals surface area contributed by atoms with E-state index >= 15 is 0 Å². The molecule has 0 atom stereocenters. The molecule has 0 saturated carbocycles. The number of pyridine rings is 1. The number of aryl methyl sites for hydroxylation is 1. The van der Waals surface area contributed by atoms with Crippen molar-refractivity contribution in [3.8, 4) is 10.6 Å². The van der Waals surface area contributed by atoms with Crippen LogP contribution >= 0.6 is 11.3 Å². The van der Waals surface area contributed by atoms with Crippen molar-refractivity contribution in [3.05, 3.63) is 35.1 Å². The predicted octanol–water partition coefficient (Wildman–Crippen LogP) is 3.01. The molecule has 2 aromatic rings. The van der Waals surface area contributed by atoms with Gasteiger partial charge in [0.2, 0.25) is 0 Å². The second-order valence-corrected chi connectivity index (χ2v) is 5.23. The second kappa shape index (κ2) is 5.38. The van der Waals surface area contributed by atoms with Crippen molar-refractivity contribution >= 4 is 11.3 Å². The van der Waals surface area contributed by atoms with Crippen molar-refractivity contribution in [2.24, 2.45) is 0 Å². The summed E-state index contributed by atoms with van der Waals surface area (Å²) in [5.74, 6) is 0. The zero-order valence-corrected chi connectivity index (χ0v) is 11.2. The molecule has 0 aliphatic carbocycles. The van der Waals surface area contributed by atoms with Crippen LogP contribution in [0, 0.1) is 6.92 Å². The van der Waals surface area contributed by atoms with Crippen LogP contribution in [0.25, 0.3) is 10.6 Å². The van der Waals surface area contributed by atoms with Gasteiger partial charge in [0.25, 0.3) is 0 Å². The van der Waals surface area contributed by atoms with Gasteiger partial charge in [-0.25, -0.2) is 4.98 Å². The highest BCUT2D eigenvalue weighted by atomic mass is 32.1. The molecule has 2 heterocycles. The van der Waals surface area contributed by atoms with Crippen molar-refractivity contribution < 1.29 is 0 Å². The Hall–Kier alpha value is -1.26. The predicted molar refractivity (Wildman–Crippen MR) is 72.1 cm³/mol. The number of nitrogens with zero attached hydrogens (tertiary/aromatic N) is 2. The molecular weight excluding hydrogens is 230 g/mol. The van der Waals surface area contributed by atoms with E-state index in [1.807, 2.05) is 18.5 Å². The summed E-state index contributed by atoms with van der Waals surface area (Å²) in [6.07, 6.45) is 3.69. The standard InChI is InChI=1S/C13H17N3S/c1-9(2)15-7-11-8-17-13(16-11)12-4-5-14-6-10(12)3/h4-6,8-9,15H,7H2,1-3H3. The Morgan fingerprint density at radius 1 is 1.41 bits per heavy atom. The molecule has 0 aromatic carbocycles. The molecule has 0 amide bonds. The Bertz CT molecular complexity index is 491. The molecule has 2 rings (SSSR count). The van der Waals surface area contributed by atoms with Crippen molar-refractivity contribution in [1.29, 1.82) is 0 Å². The normalized spacial score (nSPS) is 11.1. The topological polar surface area (TPSA) is 37.8 Å². The van der Waals surface area contributed by atoms with Gasteiger partial charge in [0.1, 0.15) is 5.01 Å². The number of nitrogens with one attached hydrogen (secondary N) is 1. The first-order valence-electron chi connectivity index (χ1n) is 5.75. The van der Waals surface area contributed by atoms with Crippen molar-refractivity contribution in [3.63, 3.8) is 0 Å². The third-order valence-corrected chi connectivity index (χ3v) is 3.42. The summed E-state index contributed by atoms with van der Waals surface area (Å²) in [4.78, 5) is 8.74. The van der Waals surface area contributed by atoms with Crippen LogP contribution in [0.15, 0.2) is 23.8 Å². The van der Waals surface area contributed by atoms with Crippen LogP contribution in [0.4, 0.5) is 0 Å². The third-order valence-electron chi connectivity index (χ3n) is 2.49. The monoisotopic (exact) mass is 247 g/mol. The average Bonchev–Trinajstić information content (AvgIpc) is 2.75. The van der Waals surface area contributed by atoms with Gasteiger partial charge in [-0.1, -0.05) is 13.8 Å². The van der Waals surface area contributed by atoms with Gasteiger partial charge in [0.05, 0.1) is 5.69 Å². The minimum atomic E-state index is 0.489. The Morgan fingerprint density at radius 3 is 2.94 bits per heavy atom. The molecule has 90 valence electrons. The molecule has 0 radical (unpaired) electrons. The van der Waals surface area contributed by atoms with E-state index < -0.39 is 0 Å². The van der Waals surface area contributed by atoms with E-state index in [1.165, 1.54) is 11.1 Å². The van der Waals surface area contributed by atoms with Crippen molar-refractivity contribution in [1.82, 2.24) is 15.3 Å². The zero-order chi connectivity index (χ0) is 12.3. The number of rotatable bonds is 4. The zero-order valence-electron chi connectivity index (χ0n) is 10.4. The van der Waals surface area contributed by atoms with Crippen LogP contribution in [-0.4, -0.2) is 16.0 Å². The molecule has 0 aliphatic heterocycles. The smallest absolute Gasteiger partial charge is 0.124 e. The molecule has 0 spiro atoms. The highest BCUT2D eigenvalue weighted by Crippen LogP contribution is 2.25. The largest absolute Gasteiger partial charge is 0.309 e. The van der Waals surface area contributed by atoms with Gasteiger partial charge < -0.3 is 5.32 Å². The summed E-state index contributed by atoms with van der Waals surface area (Å²) in [5.41, 5.74) is 3.46. The van der Waals surface area contributed by atoms with Gasteiger partial charge in [-0.05, 0) is 18.6 Å². The van der Waals surface area contributed by atoms with E-state index in [9.17, 15) is 0 Å². The summed E-state index contributed by atoms with van der Waals surface area (Å²) in [6, 6.07) is 2.51. The van der Waals surface area contributed by atoms with Crippen LogP contribution < -0.4 is 5.32 Å². The Labute approximate surface area is 106 Å². The Morgan fingerprint density at radius 2 is 2.24 bits per heavy atom. The van der Waals surface area contributed by atoms with E-state index in [0.717, 1.165) is 17.2 Å². The molecule has 2 aromatic heterocycles. The molecule has 0 unspecified atom stereocenters. The summed E-state index contributed by atoms with van der Waals surface area (Å²) < 4.78 is 0. The lowest BCUT2D eigenvalue weighted by Crippen LogP contribution is -2.21. The molecule has 0 fully saturated rings. The van der Waals surface area contributed by atoms with E-state index in [4.69, 9.17) is 0 Å². The van der Waals surface area contributed by atoms with Crippen LogP contribution in [0.3, 0.4) is 0 Å². The first-order valence-corrected chi connectivity index (χ1v) is 6.63. The quantitative estimate of drug-likeness (QED) is 0.902. The fourth-order valence-electron chi connectivity index (χ4n) is 1.53. The number of thiazole rings is 1. The van der Waals surface area contributed by atoms with Crippen molar-refractivity contribution in [2.45, 2.75) is 33.4 Å². The van der Waals surface area contributed by atoms with Crippen LogP contribution in [0.2, 0.25) is 0 Å². The van der Waals surface area contributed by atoms with Crippen molar-refractivity contribution in [2.75, 3.05) is 0 Å². The maximum absolute atomic E-state index is 4.64. The molecule has 3 nitrogen and oxygen atoms in total. The molecule has 0 saturated heterocycles. The minimum Gasteiger partial charge on any atom is -0.309 e. The first kappa shape index (κ1) is 12.2. The van der Waals surface area contributed by atoms with E-state index in [2.05, 4.69) is 41.4 Å². The van der Waals surface area contributed by atoms with Crippen LogP contribution in [0.5, 0.6) is 0 Å². The Kier molecular flexibility index (Phi) is 3.86. The number of hydrogen-bond acceptors (Lipinski definition) is 4. The molecule has 4 heteroatoms. The third kappa shape index (κ3) is 3.11. The lowest BCUT2D eigenvalue weighted by molar-refractivity contribution is 0.583. The van der Waals surface area contributed by atoms with Crippen LogP contribution in [-0.2, 0) is 6.54 Å². The SMILES string of the molecule is Cc1cnccc1-c1nc(CNC(C)C)cs1. The number of hydrogen-bond donors (Lipinski definition) is 1. The van der Waals surface area contributed by atoms with E-state index in [-0.39, 0.29) is 0 Å². The number of aromatic nitrogens is 2. The summed E-state index contributed by atoms with van der Waals surface area (Å²) in [5, 5.41) is 6.56. The minimum absolute atomic E-state index is 0.489. The summed E-state index contributed by atoms with van der Waals surface area (Å²) in [7, 11) is 0. The lowest BCUT2D eigenvalue weighted by Gasteiger charge is -2.05. The van der Waals surface area contributed by atoms with Crippen LogP contribution in [0.1, 0.15) is 25.1 Å². The van der Waals surface area contributed by atoms with E-state index in [1.54, 1.807) is 11.3 Å². The summed E-state index contributed by atoms with van der Waals surface area (Å²) >= 11 is 1.69. The fourth-order valence-corrected chi connectivity index (χ4v) is 2.44. The van der Waals surface area contributed by atoms with E-state index in [0.29, 0.717) is 6.04 Å². The molecule has 17 heavy (non-hydrogen) atoms. The van der Waals surface area contributed by atoms with Gasteiger partial charge in [0, 0.05) is 35.9 Å². The van der Waals surface area contributed by atoms with Gasteiger partial charge in [0.15, 0.2) is 0 Å². The Balaban J connectivity index is 2.16. The first-order chi connectivity index (χ1) is 8.16. The molecular formula is C13H17N3S. The fraction of sp³-hybridized carbons (Fsp3) is 0.385. The lowest BCUT2D eigenvalue weighted by atomic mass is 10.2. The molecule has 1 N–H and O–H groups in total. The molecule has 0 bridgehead atoms. The summed E-state index contributed by atoms with van der Waals surface area (Å²) in [6.45, 7) is 7.18. The second-order valence-electron chi connectivity index (χ2n) is 4.37. The highest BCUT2D eigenvalue weighted by Gasteiger charge is 2.07. The maximum atomic E-state index is 4.64. The van der Waals surface area contributed by atoms with Gasteiger partial charge in [-0.15, -0.1) is 11.3 Å². The highest BCUT2D eigenvalue weighted by molar-refractivity contribution is 7.13. The van der Waals surface area contributed by atoms with Gasteiger partial charge in [-0.3, -0.25) is 4.98 Å². The molecule has 0 aliphatic rings. The van der Waals surface area contributed by atoms with Gasteiger partial charge in [-0.2, -0.15) is 0 Å².